The fraction of sp³-hybridized carbons (Fsp3) is 0.333. The monoisotopic (exact) mass is 443 g/mol. The van der Waals surface area contributed by atoms with Crippen LogP contribution in [-0.2, 0) is 25.7 Å². The van der Waals surface area contributed by atoms with Crippen molar-refractivity contribution < 1.29 is 44.3 Å². The first-order valence-electron chi connectivity index (χ1n) is 7.68. The van der Waals surface area contributed by atoms with Gasteiger partial charge in [-0.3, -0.25) is 5.10 Å². The standard InChI is InChI=1S/C15H11F6N3O4S/c1-28-13(25)11-10-9(6-22-23-10)12(15(19,20)21)24(11)29(26,27)8-4-2-7(3-5-8)14(16,17)18/h2-6,11-12H,1H3,(H,22,23). The third kappa shape index (κ3) is 3.46. The summed E-state index contributed by atoms with van der Waals surface area (Å²) in [5, 5.41) is 5.58. The van der Waals surface area contributed by atoms with Gasteiger partial charge in [-0.05, 0) is 24.3 Å². The molecule has 1 N–H and O–H groups in total. The largest absolute Gasteiger partial charge is 0.468 e. The molecular weight excluding hydrogens is 432 g/mol. The van der Waals surface area contributed by atoms with E-state index in [1.807, 2.05) is 0 Å². The van der Waals surface area contributed by atoms with E-state index in [0.29, 0.717) is 24.3 Å². The first-order chi connectivity index (χ1) is 13.3. The highest BCUT2D eigenvalue weighted by Crippen LogP contribution is 2.52. The van der Waals surface area contributed by atoms with Crippen molar-refractivity contribution in [1.29, 1.82) is 0 Å². The van der Waals surface area contributed by atoms with Gasteiger partial charge in [-0.2, -0.15) is 35.7 Å². The lowest BCUT2D eigenvalue weighted by Crippen LogP contribution is -2.42. The quantitative estimate of drug-likeness (QED) is 0.582. The highest BCUT2D eigenvalue weighted by atomic mass is 32.2. The van der Waals surface area contributed by atoms with Crippen molar-refractivity contribution in [3.05, 3.63) is 47.3 Å². The van der Waals surface area contributed by atoms with Gasteiger partial charge in [0.05, 0.1) is 29.5 Å². The molecule has 0 radical (unpaired) electrons. The second-order valence-electron chi connectivity index (χ2n) is 5.97. The Hall–Kier alpha value is -2.61. The maximum absolute atomic E-state index is 13.7. The second kappa shape index (κ2) is 6.73. The van der Waals surface area contributed by atoms with Gasteiger partial charge in [0.1, 0.15) is 0 Å². The number of rotatable bonds is 3. The Labute approximate surface area is 159 Å². The second-order valence-corrected chi connectivity index (χ2v) is 7.81. The van der Waals surface area contributed by atoms with Crippen LogP contribution in [0.2, 0.25) is 0 Å². The molecule has 1 aliphatic rings. The molecule has 2 atom stereocenters. The topological polar surface area (TPSA) is 92.4 Å². The molecule has 14 heteroatoms. The van der Waals surface area contributed by atoms with Crippen LogP contribution < -0.4 is 0 Å². The van der Waals surface area contributed by atoms with Gasteiger partial charge in [-0.15, -0.1) is 0 Å². The smallest absolute Gasteiger partial charge is 0.416 e. The molecule has 0 amide bonds. The third-order valence-corrected chi connectivity index (χ3v) is 6.11. The van der Waals surface area contributed by atoms with Crippen molar-refractivity contribution >= 4 is 16.0 Å². The number of hydrogen-bond donors (Lipinski definition) is 1. The van der Waals surface area contributed by atoms with Crippen molar-refractivity contribution in [2.45, 2.75) is 29.3 Å². The van der Waals surface area contributed by atoms with Crippen LogP contribution >= 0.6 is 0 Å². The molecule has 2 aromatic rings. The lowest BCUT2D eigenvalue weighted by atomic mass is 10.1. The van der Waals surface area contributed by atoms with Crippen LogP contribution in [-0.4, -0.2) is 42.2 Å². The zero-order valence-corrected chi connectivity index (χ0v) is 15.1. The zero-order valence-electron chi connectivity index (χ0n) is 14.2. The molecule has 0 bridgehead atoms. The number of esters is 1. The number of alkyl halides is 6. The fourth-order valence-corrected chi connectivity index (χ4v) is 4.73. The van der Waals surface area contributed by atoms with E-state index in [9.17, 15) is 39.6 Å². The number of methoxy groups -OCH3 is 1. The summed E-state index contributed by atoms with van der Waals surface area (Å²) in [6.45, 7) is 0. The van der Waals surface area contributed by atoms with Crippen LogP contribution in [0.3, 0.4) is 0 Å². The summed E-state index contributed by atoms with van der Waals surface area (Å²) >= 11 is 0. The van der Waals surface area contributed by atoms with Gasteiger partial charge in [0.2, 0.25) is 10.0 Å². The van der Waals surface area contributed by atoms with Gasteiger partial charge in [0, 0.05) is 5.56 Å². The summed E-state index contributed by atoms with van der Waals surface area (Å²) in [6.07, 6.45) is -9.20. The van der Waals surface area contributed by atoms with Gasteiger partial charge in [0.15, 0.2) is 12.1 Å². The van der Waals surface area contributed by atoms with Crippen molar-refractivity contribution in [2.24, 2.45) is 0 Å². The maximum Gasteiger partial charge on any atom is 0.416 e. The van der Waals surface area contributed by atoms with E-state index in [2.05, 4.69) is 14.9 Å². The lowest BCUT2D eigenvalue weighted by Gasteiger charge is -2.29. The van der Waals surface area contributed by atoms with Crippen LogP contribution in [0.1, 0.15) is 28.9 Å². The summed E-state index contributed by atoms with van der Waals surface area (Å²) in [4.78, 5) is 11.3. The molecule has 2 heterocycles. The number of fused-ring (bicyclic) bond motifs is 1. The molecule has 1 aromatic carbocycles. The van der Waals surface area contributed by atoms with Gasteiger partial charge < -0.3 is 4.74 Å². The lowest BCUT2D eigenvalue weighted by molar-refractivity contribution is -0.177. The number of ether oxygens (including phenoxy) is 1. The van der Waals surface area contributed by atoms with Crippen LogP contribution in [0, 0.1) is 0 Å². The van der Waals surface area contributed by atoms with E-state index < -0.39 is 62.1 Å². The minimum Gasteiger partial charge on any atom is -0.468 e. The molecule has 0 saturated heterocycles. The highest BCUT2D eigenvalue weighted by molar-refractivity contribution is 7.89. The Morgan fingerprint density at radius 3 is 2.21 bits per heavy atom. The van der Waals surface area contributed by atoms with E-state index in [1.165, 1.54) is 0 Å². The van der Waals surface area contributed by atoms with E-state index in [4.69, 9.17) is 0 Å². The molecule has 2 unspecified atom stereocenters. The number of H-pyrrole nitrogens is 1. The SMILES string of the molecule is COC(=O)C1c2[nH]ncc2C(C(F)(F)F)N1S(=O)(=O)c1ccc(C(F)(F)F)cc1. The number of halogens is 6. The van der Waals surface area contributed by atoms with E-state index in [0.717, 1.165) is 13.3 Å². The zero-order chi connectivity index (χ0) is 21.8. The summed E-state index contributed by atoms with van der Waals surface area (Å²) < 4.78 is 110. The third-order valence-electron chi connectivity index (χ3n) is 4.27. The Bertz CT molecular complexity index is 1030. The Kier molecular flexibility index (Phi) is 4.89. The number of carbonyl (C=O) groups is 1. The minimum absolute atomic E-state index is 0.135. The van der Waals surface area contributed by atoms with Crippen molar-refractivity contribution in [3.63, 3.8) is 0 Å². The number of nitrogens with zero attached hydrogens (tertiary/aromatic N) is 2. The van der Waals surface area contributed by atoms with E-state index in [1.54, 1.807) is 0 Å². The molecular formula is C15H11F6N3O4S. The molecule has 3 rings (SSSR count). The number of sulfonamides is 1. The fourth-order valence-electron chi connectivity index (χ4n) is 3.02. The number of nitrogens with one attached hydrogen (secondary N) is 1. The normalized spacial score (nSPS) is 20.5. The van der Waals surface area contributed by atoms with Gasteiger partial charge in [-0.25, -0.2) is 13.2 Å². The molecule has 1 aliphatic heterocycles. The van der Waals surface area contributed by atoms with Crippen LogP contribution in [0.4, 0.5) is 26.3 Å². The minimum atomic E-state index is -5.15. The summed E-state index contributed by atoms with van der Waals surface area (Å²) in [5.74, 6) is -1.32. The average molecular weight is 443 g/mol. The molecule has 0 saturated carbocycles. The Balaban J connectivity index is 2.16. The first kappa shape index (κ1) is 21.1. The van der Waals surface area contributed by atoms with Crippen LogP contribution in [0.15, 0.2) is 35.4 Å². The number of hydrogen-bond acceptors (Lipinski definition) is 5. The molecule has 7 nitrogen and oxygen atoms in total. The maximum atomic E-state index is 13.7. The van der Waals surface area contributed by atoms with Gasteiger partial charge in [-0.1, -0.05) is 0 Å². The molecule has 29 heavy (non-hydrogen) atoms. The highest BCUT2D eigenvalue weighted by Gasteiger charge is 2.60. The predicted molar refractivity (Wildman–Crippen MR) is 82.6 cm³/mol. The van der Waals surface area contributed by atoms with E-state index >= 15 is 0 Å². The van der Waals surface area contributed by atoms with Crippen molar-refractivity contribution in [1.82, 2.24) is 14.5 Å². The molecule has 0 fully saturated rings. The van der Waals surface area contributed by atoms with Crippen molar-refractivity contribution in [2.75, 3.05) is 7.11 Å². The summed E-state index contributed by atoms with van der Waals surface area (Å²) in [5.41, 5.74) is -2.23. The molecule has 1 aromatic heterocycles. The number of carbonyl (C=O) groups excluding carboxylic acids is 1. The van der Waals surface area contributed by atoms with Gasteiger partial charge >= 0.3 is 18.3 Å². The van der Waals surface area contributed by atoms with Crippen LogP contribution in [0.5, 0.6) is 0 Å². The molecule has 0 aliphatic carbocycles. The van der Waals surface area contributed by atoms with Crippen LogP contribution in [0.25, 0.3) is 0 Å². The van der Waals surface area contributed by atoms with Gasteiger partial charge in [0.25, 0.3) is 0 Å². The predicted octanol–water partition coefficient (Wildman–Crippen LogP) is 2.95. The number of aromatic nitrogens is 2. The molecule has 0 spiro atoms. The van der Waals surface area contributed by atoms with E-state index in [-0.39, 0.29) is 4.31 Å². The number of aromatic amines is 1. The summed E-state index contributed by atoms with van der Waals surface area (Å²) in [7, 11) is -4.23. The Morgan fingerprint density at radius 1 is 1.14 bits per heavy atom. The molecule has 158 valence electrons. The first-order valence-corrected chi connectivity index (χ1v) is 9.12. The average Bonchev–Trinajstić information content (AvgIpc) is 3.19. The van der Waals surface area contributed by atoms with Crippen molar-refractivity contribution in [3.8, 4) is 0 Å². The number of benzene rings is 1. The Morgan fingerprint density at radius 2 is 1.72 bits per heavy atom. The summed E-state index contributed by atoms with van der Waals surface area (Å²) in [6, 6.07) is -2.96.